The minimum absolute atomic E-state index is 0.0138. The Morgan fingerprint density at radius 3 is 2.55 bits per heavy atom. The Hall–Kier alpha value is -2.40. The van der Waals surface area contributed by atoms with Gasteiger partial charge in [0, 0.05) is 32.0 Å². The first kappa shape index (κ1) is 21.3. The molecular weight excluding hydrogens is 364 g/mol. The van der Waals surface area contributed by atoms with Crippen molar-refractivity contribution < 1.29 is 14.0 Å². The fourth-order valence-corrected chi connectivity index (χ4v) is 3.93. The Morgan fingerprint density at radius 1 is 1.17 bits per heavy atom. The van der Waals surface area contributed by atoms with Gasteiger partial charge in [-0.05, 0) is 57.4 Å². The number of hydrogen-bond acceptors (Lipinski definition) is 4. The Labute approximate surface area is 173 Å². The summed E-state index contributed by atoms with van der Waals surface area (Å²) < 4.78 is 5.57. The molecule has 0 spiro atoms. The van der Waals surface area contributed by atoms with Gasteiger partial charge in [0.05, 0.1) is 5.56 Å². The molecule has 2 aromatic rings. The Bertz CT molecular complexity index is 838. The number of furan rings is 1. The van der Waals surface area contributed by atoms with E-state index in [2.05, 4.69) is 41.4 Å². The van der Waals surface area contributed by atoms with Crippen molar-refractivity contribution >= 4 is 11.7 Å². The van der Waals surface area contributed by atoms with Crippen LogP contribution in [0.1, 0.15) is 72.5 Å². The highest BCUT2D eigenvalue weighted by atomic mass is 16.3. The maximum atomic E-state index is 12.2. The molecule has 0 unspecified atom stereocenters. The molecule has 156 valence electrons. The van der Waals surface area contributed by atoms with Gasteiger partial charge in [-0.25, -0.2) is 0 Å². The monoisotopic (exact) mass is 396 g/mol. The Morgan fingerprint density at radius 2 is 1.90 bits per heavy atom. The van der Waals surface area contributed by atoms with Crippen LogP contribution in [-0.4, -0.2) is 29.2 Å². The number of carbonyl (C=O) groups is 2. The summed E-state index contributed by atoms with van der Waals surface area (Å²) in [4.78, 5) is 26.2. The van der Waals surface area contributed by atoms with Gasteiger partial charge in [-0.3, -0.25) is 14.5 Å². The number of Topliss-reactive ketones (excluding diaryl/α,β-unsaturated/α-hetero) is 1. The van der Waals surface area contributed by atoms with Crippen molar-refractivity contribution in [3.8, 4) is 0 Å². The van der Waals surface area contributed by atoms with E-state index in [1.54, 1.807) is 13.0 Å². The molecule has 1 aliphatic heterocycles. The minimum Gasteiger partial charge on any atom is -0.466 e. The molecule has 1 amide bonds. The van der Waals surface area contributed by atoms with Crippen LogP contribution >= 0.6 is 0 Å². The summed E-state index contributed by atoms with van der Waals surface area (Å²) in [7, 11) is 0. The molecule has 1 aromatic heterocycles. The summed E-state index contributed by atoms with van der Waals surface area (Å²) in [6.45, 7) is 8.31. The third-order valence-corrected chi connectivity index (χ3v) is 5.79. The molecule has 0 aliphatic carbocycles. The van der Waals surface area contributed by atoms with Gasteiger partial charge in [0.15, 0.2) is 5.78 Å². The van der Waals surface area contributed by atoms with Crippen LogP contribution < -0.4 is 5.32 Å². The molecule has 0 saturated carbocycles. The zero-order chi connectivity index (χ0) is 20.8. The van der Waals surface area contributed by atoms with Crippen LogP contribution in [-0.2, 0) is 24.3 Å². The average Bonchev–Trinajstić information content (AvgIpc) is 3.08. The van der Waals surface area contributed by atoms with Crippen LogP contribution in [0.15, 0.2) is 34.7 Å². The van der Waals surface area contributed by atoms with E-state index < -0.39 is 0 Å². The number of ketones is 1. The molecule has 5 heteroatoms. The molecule has 29 heavy (non-hydrogen) atoms. The summed E-state index contributed by atoms with van der Waals surface area (Å²) in [6, 6.07) is 10.9. The second kappa shape index (κ2) is 9.88. The van der Waals surface area contributed by atoms with Gasteiger partial charge in [0.1, 0.15) is 11.5 Å². The molecule has 1 fully saturated rings. The van der Waals surface area contributed by atoms with E-state index >= 15 is 0 Å². The van der Waals surface area contributed by atoms with E-state index in [0.29, 0.717) is 42.5 Å². The highest BCUT2D eigenvalue weighted by molar-refractivity contribution is 5.95. The number of carbonyl (C=O) groups excluding carboxylic acids is 2. The Balaban J connectivity index is 1.43. The van der Waals surface area contributed by atoms with Crippen LogP contribution in [0.4, 0.5) is 0 Å². The minimum atomic E-state index is -0.0188. The number of piperidine rings is 1. The highest BCUT2D eigenvalue weighted by Crippen LogP contribution is 2.19. The van der Waals surface area contributed by atoms with E-state index in [1.165, 1.54) is 38.3 Å². The second-order valence-electron chi connectivity index (χ2n) is 8.15. The largest absolute Gasteiger partial charge is 0.466 e. The summed E-state index contributed by atoms with van der Waals surface area (Å²) >= 11 is 0. The van der Waals surface area contributed by atoms with Crippen LogP contribution in [0.25, 0.3) is 0 Å². The molecule has 2 heterocycles. The number of amides is 1. The van der Waals surface area contributed by atoms with Crippen molar-refractivity contribution in [1.29, 1.82) is 0 Å². The van der Waals surface area contributed by atoms with Crippen molar-refractivity contribution in [2.45, 2.75) is 72.0 Å². The fourth-order valence-electron chi connectivity index (χ4n) is 3.93. The van der Waals surface area contributed by atoms with Gasteiger partial charge in [0.25, 0.3) is 0 Å². The molecule has 1 aromatic carbocycles. The number of likely N-dealkylation sites (tertiary alicyclic amines) is 1. The first-order valence-corrected chi connectivity index (χ1v) is 10.6. The van der Waals surface area contributed by atoms with Gasteiger partial charge < -0.3 is 9.73 Å². The lowest BCUT2D eigenvalue weighted by Crippen LogP contribution is -2.36. The summed E-state index contributed by atoms with van der Waals surface area (Å²) in [6.07, 6.45) is 4.76. The lowest BCUT2D eigenvalue weighted by Gasteiger charge is -2.33. The normalized spacial score (nSPS) is 17.3. The zero-order valence-corrected chi connectivity index (χ0v) is 17.8. The van der Waals surface area contributed by atoms with Crippen molar-refractivity contribution in [2.75, 3.05) is 6.54 Å². The van der Waals surface area contributed by atoms with E-state index in [0.717, 1.165) is 12.1 Å². The predicted octanol–water partition coefficient (Wildman–Crippen LogP) is 4.41. The van der Waals surface area contributed by atoms with E-state index in [1.807, 2.05) is 0 Å². The second-order valence-corrected chi connectivity index (χ2v) is 8.15. The van der Waals surface area contributed by atoms with E-state index in [9.17, 15) is 9.59 Å². The summed E-state index contributed by atoms with van der Waals surface area (Å²) in [5.74, 6) is 1.26. The standard InChI is InChI=1S/C24H32N2O3/c1-17-6-4-5-13-26(17)16-21-9-7-20(8-10-21)15-25-24(28)12-11-22-14-23(18(2)27)19(3)29-22/h7-10,14,17H,4-6,11-13,15-16H2,1-3H3,(H,25,28)/t17-/m1/s1. The van der Waals surface area contributed by atoms with Crippen molar-refractivity contribution in [1.82, 2.24) is 10.2 Å². The topological polar surface area (TPSA) is 62.6 Å². The molecule has 1 saturated heterocycles. The number of nitrogens with one attached hydrogen (secondary N) is 1. The number of nitrogens with zero attached hydrogens (tertiary/aromatic N) is 1. The predicted molar refractivity (Wildman–Crippen MR) is 114 cm³/mol. The van der Waals surface area contributed by atoms with Gasteiger partial charge in [-0.2, -0.15) is 0 Å². The SMILES string of the molecule is CC(=O)c1cc(CCC(=O)NCc2ccc(CN3CCCC[C@H]3C)cc2)oc1C. The highest BCUT2D eigenvalue weighted by Gasteiger charge is 2.18. The summed E-state index contributed by atoms with van der Waals surface area (Å²) in [5, 5.41) is 2.96. The quantitative estimate of drug-likeness (QED) is 0.671. The van der Waals surface area contributed by atoms with Crippen molar-refractivity contribution in [3.05, 3.63) is 58.5 Å². The van der Waals surface area contributed by atoms with E-state index in [4.69, 9.17) is 4.42 Å². The number of aryl methyl sites for hydroxylation is 2. The van der Waals surface area contributed by atoms with Crippen LogP contribution in [0, 0.1) is 6.92 Å². The number of hydrogen-bond donors (Lipinski definition) is 1. The molecule has 1 atom stereocenters. The molecule has 0 radical (unpaired) electrons. The van der Waals surface area contributed by atoms with Crippen LogP contribution in [0.2, 0.25) is 0 Å². The van der Waals surface area contributed by atoms with Gasteiger partial charge in [-0.15, -0.1) is 0 Å². The van der Waals surface area contributed by atoms with Crippen LogP contribution in [0.3, 0.4) is 0 Å². The maximum Gasteiger partial charge on any atom is 0.220 e. The first-order chi connectivity index (χ1) is 13.9. The Kier molecular flexibility index (Phi) is 7.26. The van der Waals surface area contributed by atoms with Gasteiger partial charge >= 0.3 is 0 Å². The van der Waals surface area contributed by atoms with Crippen molar-refractivity contribution in [2.24, 2.45) is 0 Å². The van der Waals surface area contributed by atoms with Gasteiger partial charge in [-0.1, -0.05) is 30.7 Å². The maximum absolute atomic E-state index is 12.2. The number of rotatable bonds is 8. The lowest BCUT2D eigenvalue weighted by atomic mass is 10.0. The molecule has 5 nitrogen and oxygen atoms in total. The lowest BCUT2D eigenvalue weighted by molar-refractivity contribution is -0.121. The molecule has 0 bridgehead atoms. The molecular formula is C24H32N2O3. The molecule has 1 N–H and O–H groups in total. The van der Waals surface area contributed by atoms with E-state index in [-0.39, 0.29) is 11.7 Å². The fraction of sp³-hybridized carbons (Fsp3) is 0.500. The number of benzene rings is 1. The first-order valence-electron chi connectivity index (χ1n) is 10.6. The van der Waals surface area contributed by atoms with Gasteiger partial charge in [0.2, 0.25) is 5.91 Å². The zero-order valence-electron chi connectivity index (χ0n) is 17.8. The van der Waals surface area contributed by atoms with Crippen molar-refractivity contribution in [3.63, 3.8) is 0 Å². The summed E-state index contributed by atoms with van der Waals surface area (Å²) in [5.41, 5.74) is 3.02. The third kappa shape index (κ3) is 6.04. The van der Waals surface area contributed by atoms with Crippen LogP contribution in [0.5, 0.6) is 0 Å². The molecule has 3 rings (SSSR count). The third-order valence-electron chi connectivity index (χ3n) is 5.79. The molecule has 1 aliphatic rings. The average molecular weight is 397 g/mol. The smallest absolute Gasteiger partial charge is 0.220 e.